The fourth-order valence-electron chi connectivity index (χ4n) is 3.70. The topological polar surface area (TPSA) is 96.0 Å². The van der Waals surface area contributed by atoms with Gasteiger partial charge in [-0.1, -0.05) is 24.3 Å². The summed E-state index contributed by atoms with van der Waals surface area (Å²) in [7, 11) is 1.64. The molecule has 0 unspecified atom stereocenters. The number of hydrogen-bond acceptors (Lipinski definition) is 6. The Morgan fingerprint density at radius 1 is 0.906 bits per heavy atom. The van der Waals surface area contributed by atoms with E-state index in [0.717, 1.165) is 34.3 Å². The van der Waals surface area contributed by atoms with E-state index in [0.29, 0.717) is 23.7 Å². The van der Waals surface area contributed by atoms with Gasteiger partial charge in [0.2, 0.25) is 0 Å². The van der Waals surface area contributed by atoms with Crippen LogP contribution in [-0.2, 0) is 13.0 Å². The van der Waals surface area contributed by atoms with Gasteiger partial charge < -0.3 is 9.30 Å². The molecule has 0 saturated carbocycles. The summed E-state index contributed by atoms with van der Waals surface area (Å²) in [6, 6.07) is 22.0. The van der Waals surface area contributed by atoms with Gasteiger partial charge in [0, 0.05) is 24.2 Å². The average molecular weight is 425 g/mol. The summed E-state index contributed by atoms with van der Waals surface area (Å²) < 4.78 is 7.27. The van der Waals surface area contributed by atoms with Crippen LogP contribution < -0.4 is 4.74 Å². The van der Waals surface area contributed by atoms with Crippen LogP contribution in [0.25, 0.3) is 33.7 Å². The van der Waals surface area contributed by atoms with E-state index >= 15 is 0 Å². The highest BCUT2D eigenvalue weighted by Crippen LogP contribution is 2.27. The van der Waals surface area contributed by atoms with Gasteiger partial charge >= 0.3 is 0 Å². The highest BCUT2D eigenvalue weighted by atomic mass is 16.6. The molecule has 0 radical (unpaired) electrons. The molecule has 0 fully saturated rings. The number of benzene rings is 3. The Balaban J connectivity index is 1.60. The minimum absolute atomic E-state index is 0.0385. The van der Waals surface area contributed by atoms with Crippen LogP contribution in [0.1, 0.15) is 5.56 Å². The summed E-state index contributed by atoms with van der Waals surface area (Å²) in [6.45, 7) is 0.627. The number of aryl methyl sites for hydroxylation is 2. The number of imidazole rings is 1. The minimum Gasteiger partial charge on any atom is -0.497 e. The molecule has 5 rings (SSSR count). The molecule has 158 valence electrons. The van der Waals surface area contributed by atoms with Crippen molar-refractivity contribution in [3.05, 3.63) is 88.5 Å². The molecular formula is C24H19N5O3. The van der Waals surface area contributed by atoms with Crippen LogP contribution in [0.5, 0.6) is 5.75 Å². The van der Waals surface area contributed by atoms with Gasteiger partial charge in [-0.15, -0.1) is 0 Å². The molecule has 0 spiro atoms. The van der Waals surface area contributed by atoms with E-state index in [2.05, 4.69) is 4.98 Å². The first-order valence-electron chi connectivity index (χ1n) is 10.1. The summed E-state index contributed by atoms with van der Waals surface area (Å²) in [5.74, 6) is 1.49. The first-order chi connectivity index (χ1) is 15.6. The number of rotatable bonds is 6. The number of hydrogen-bond donors (Lipinski definition) is 0. The maximum atomic E-state index is 11.1. The normalized spacial score (nSPS) is 11.2. The smallest absolute Gasteiger partial charge is 0.269 e. The molecule has 0 aliphatic carbocycles. The highest BCUT2D eigenvalue weighted by Gasteiger charge is 2.17. The first-order valence-corrected chi connectivity index (χ1v) is 10.1. The number of methoxy groups -OCH3 is 1. The largest absolute Gasteiger partial charge is 0.497 e. The summed E-state index contributed by atoms with van der Waals surface area (Å²) in [6.07, 6.45) is 0.754. The standard InChI is InChI=1S/C24H19N5O3/c1-32-19-12-6-16(7-13-19)14-15-28-23(17-8-10-18(11-9-17)29(30)31)27-22-24(28)26-21-5-3-2-4-20(21)25-22/h2-13H,14-15H2,1H3. The highest BCUT2D eigenvalue weighted by molar-refractivity contribution is 5.84. The van der Waals surface area contributed by atoms with Crippen molar-refractivity contribution in [2.75, 3.05) is 7.11 Å². The summed E-state index contributed by atoms with van der Waals surface area (Å²) in [5.41, 5.74) is 4.76. The molecule has 0 aliphatic heterocycles. The summed E-state index contributed by atoms with van der Waals surface area (Å²) in [4.78, 5) is 24.9. The number of aromatic nitrogens is 4. The lowest BCUT2D eigenvalue weighted by molar-refractivity contribution is -0.384. The van der Waals surface area contributed by atoms with Gasteiger partial charge in [0.15, 0.2) is 11.3 Å². The summed E-state index contributed by atoms with van der Waals surface area (Å²) >= 11 is 0. The number of nitrogens with zero attached hydrogens (tertiary/aromatic N) is 5. The molecule has 8 heteroatoms. The average Bonchev–Trinajstić information content (AvgIpc) is 3.18. The van der Waals surface area contributed by atoms with E-state index in [1.807, 2.05) is 53.1 Å². The van der Waals surface area contributed by atoms with Crippen molar-refractivity contribution < 1.29 is 9.66 Å². The van der Waals surface area contributed by atoms with Gasteiger partial charge in [0.25, 0.3) is 5.69 Å². The predicted octanol–water partition coefficient (Wildman–Crippen LogP) is 4.81. The Labute approximate surface area is 183 Å². The second-order valence-electron chi connectivity index (χ2n) is 7.35. The van der Waals surface area contributed by atoms with Crippen LogP contribution in [0.2, 0.25) is 0 Å². The Morgan fingerprint density at radius 3 is 2.25 bits per heavy atom. The SMILES string of the molecule is COc1ccc(CCn2c(-c3ccc([N+](=O)[O-])cc3)nc3nc4ccccc4nc32)cc1. The molecule has 0 bridgehead atoms. The molecule has 0 saturated heterocycles. The lowest BCUT2D eigenvalue weighted by atomic mass is 10.1. The third-order valence-electron chi connectivity index (χ3n) is 5.38. The van der Waals surface area contributed by atoms with Crippen molar-refractivity contribution in [2.45, 2.75) is 13.0 Å². The third kappa shape index (κ3) is 3.62. The van der Waals surface area contributed by atoms with Gasteiger partial charge in [-0.2, -0.15) is 0 Å². The Morgan fingerprint density at radius 2 is 1.59 bits per heavy atom. The maximum Gasteiger partial charge on any atom is 0.269 e. The van der Waals surface area contributed by atoms with Gasteiger partial charge in [-0.05, 0) is 48.4 Å². The van der Waals surface area contributed by atoms with Crippen molar-refractivity contribution in [1.29, 1.82) is 0 Å². The fraction of sp³-hybridized carbons (Fsp3) is 0.125. The van der Waals surface area contributed by atoms with Crippen molar-refractivity contribution >= 4 is 28.0 Å². The van der Waals surface area contributed by atoms with Crippen molar-refractivity contribution in [3.63, 3.8) is 0 Å². The molecule has 0 amide bonds. The zero-order chi connectivity index (χ0) is 22.1. The van der Waals surface area contributed by atoms with Crippen LogP contribution in [0, 0.1) is 10.1 Å². The molecule has 5 aromatic rings. The van der Waals surface area contributed by atoms with Crippen molar-refractivity contribution in [1.82, 2.24) is 19.5 Å². The fourth-order valence-corrected chi connectivity index (χ4v) is 3.70. The van der Waals surface area contributed by atoms with Crippen molar-refractivity contribution in [3.8, 4) is 17.1 Å². The van der Waals surface area contributed by atoms with Gasteiger partial charge in [-0.25, -0.2) is 15.0 Å². The van der Waals surface area contributed by atoms with Gasteiger partial charge in [0.1, 0.15) is 11.6 Å². The van der Waals surface area contributed by atoms with Gasteiger partial charge in [-0.3, -0.25) is 10.1 Å². The number of non-ortho nitro benzene ring substituents is 1. The van der Waals surface area contributed by atoms with E-state index < -0.39 is 4.92 Å². The molecule has 2 aromatic heterocycles. The van der Waals surface area contributed by atoms with E-state index in [1.54, 1.807) is 19.2 Å². The Bertz CT molecular complexity index is 1430. The molecule has 0 aliphatic rings. The second-order valence-corrected chi connectivity index (χ2v) is 7.35. The van der Waals surface area contributed by atoms with Crippen LogP contribution in [-0.4, -0.2) is 31.6 Å². The molecule has 2 heterocycles. The van der Waals surface area contributed by atoms with Crippen molar-refractivity contribution in [2.24, 2.45) is 0 Å². The van der Waals surface area contributed by atoms with Crippen LogP contribution >= 0.6 is 0 Å². The zero-order valence-corrected chi connectivity index (χ0v) is 17.3. The van der Waals surface area contributed by atoms with Crippen LogP contribution in [0.3, 0.4) is 0 Å². The van der Waals surface area contributed by atoms with E-state index in [1.165, 1.54) is 12.1 Å². The number of nitro benzene ring substituents is 1. The predicted molar refractivity (Wildman–Crippen MR) is 122 cm³/mol. The lowest BCUT2D eigenvalue weighted by Crippen LogP contribution is -2.05. The minimum atomic E-state index is -0.410. The summed E-state index contributed by atoms with van der Waals surface area (Å²) in [5, 5.41) is 11.1. The van der Waals surface area contributed by atoms with E-state index in [4.69, 9.17) is 14.7 Å². The van der Waals surface area contributed by atoms with E-state index in [-0.39, 0.29) is 5.69 Å². The quantitative estimate of drug-likeness (QED) is 0.286. The molecule has 3 aromatic carbocycles. The van der Waals surface area contributed by atoms with Crippen LogP contribution in [0.4, 0.5) is 5.69 Å². The third-order valence-corrected chi connectivity index (χ3v) is 5.38. The zero-order valence-electron chi connectivity index (χ0n) is 17.3. The number of fused-ring (bicyclic) bond motifs is 2. The Hall–Kier alpha value is -4.33. The molecule has 8 nitrogen and oxygen atoms in total. The molecule has 32 heavy (non-hydrogen) atoms. The Kier molecular flexibility index (Phi) is 4.95. The van der Waals surface area contributed by atoms with Crippen LogP contribution in [0.15, 0.2) is 72.8 Å². The molecular weight excluding hydrogens is 406 g/mol. The number of nitro groups is 1. The van der Waals surface area contributed by atoms with Gasteiger partial charge in [0.05, 0.1) is 23.1 Å². The molecule has 0 atom stereocenters. The lowest BCUT2D eigenvalue weighted by Gasteiger charge is -2.10. The number of ether oxygens (including phenoxy) is 1. The van der Waals surface area contributed by atoms with E-state index in [9.17, 15) is 10.1 Å². The monoisotopic (exact) mass is 425 g/mol. The second kappa shape index (κ2) is 8.07. The number of para-hydroxylation sites is 2. The first kappa shape index (κ1) is 19.6. The molecule has 0 N–H and O–H groups in total. The maximum absolute atomic E-state index is 11.1.